The zero-order valence-electron chi connectivity index (χ0n) is 22.4. The molecule has 5 aromatic rings. The predicted octanol–water partition coefficient (Wildman–Crippen LogP) is 6.67. The second kappa shape index (κ2) is 11.6. The summed E-state index contributed by atoms with van der Waals surface area (Å²) in [6.07, 6.45) is 0.461. The Morgan fingerprint density at radius 1 is 0.615 bits per heavy atom. The van der Waals surface area contributed by atoms with E-state index in [1.54, 1.807) is 0 Å². The van der Waals surface area contributed by atoms with Gasteiger partial charge in [0.15, 0.2) is 0 Å². The topological polar surface area (TPSA) is 49.3 Å². The van der Waals surface area contributed by atoms with Gasteiger partial charge >= 0.3 is 0 Å². The molecule has 196 valence electrons. The monoisotopic (exact) mass is 531 g/mol. The highest BCUT2D eigenvalue weighted by atomic mass is 31.2. The maximum atomic E-state index is 15.2. The summed E-state index contributed by atoms with van der Waals surface area (Å²) in [6.45, 7) is 4.07. The van der Waals surface area contributed by atoms with Gasteiger partial charge in [-0.3, -0.25) is 9.65 Å². The highest BCUT2D eigenvalue weighted by Crippen LogP contribution is 2.44. The number of hydrogen-bond donors (Lipinski definition) is 2. The number of benzene rings is 5. The molecule has 5 aromatic carbocycles. The van der Waals surface area contributed by atoms with Crippen molar-refractivity contribution in [3.8, 4) is 0 Å². The Labute approximate surface area is 231 Å². The van der Waals surface area contributed by atoms with Crippen molar-refractivity contribution in [1.29, 1.82) is 0 Å². The molecule has 0 spiro atoms. The van der Waals surface area contributed by atoms with Gasteiger partial charge in [0.1, 0.15) is 5.60 Å². The van der Waals surface area contributed by atoms with Gasteiger partial charge in [-0.1, -0.05) is 126 Å². The Kier molecular flexibility index (Phi) is 7.95. The van der Waals surface area contributed by atoms with E-state index in [9.17, 15) is 5.11 Å². The fraction of sp³-hybridized carbons (Fsp3) is 0.143. The molecular weight excluding hydrogens is 497 g/mol. The molecule has 0 aliphatic rings. The Balaban J connectivity index is 1.73. The summed E-state index contributed by atoms with van der Waals surface area (Å²) in [5.74, 6) is 0. The first-order valence-electron chi connectivity index (χ1n) is 13.3. The Hall–Kier alpha value is -3.75. The molecule has 2 N–H and O–H groups in total. The van der Waals surface area contributed by atoms with E-state index in [2.05, 4.69) is 17.2 Å². The maximum absolute atomic E-state index is 15.2. The number of rotatable bonds is 9. The summed E-state index contributed by atoms with van der Waals surface area (Å²) >= 11 is 0. The van der Waals surface area contributed by atoms with Crippen molar-refractivity contribution >= 4 is 17.9 Å². The van der Waals surface area contributed by atoms with Crippen LogP contribution in [0.1, 0.15) is 27.8 Å². The van der Waals surface area contributed by atoms with Gasteiger partial charge in [0.2, 0.25) is 7.29 Å². The molecule has 0 aromatic heterocycles. The third-order valence-corrected chi connectivity index (χ3v) is 10.1. The molecule has 39 heavy (non-hydrogen) atoms. The van der Waals surface area contributed by atoms with E-state index in [1.807, 2.05) is 141 Å². The zero-order chi connectivity index (χ0) is 27.3. The molecular formula is C35H34NO2P. The molecule has 3 nitrogen and oxygen atoms in total. The molecule has 4 heteroatoms. The van der Waals surface area contributed by atoms with Crippen molar-refractivity contribution in [3.05, 3.63) is 167 Å². The lowest BCUT2D eigenvalue weighted by atomic mass is 9.78. The lowest BCUT2D eigenvalue weighted by Gasteiger charge is -2.40. The zero-order valence-corrected chi connectivity index (χ0v) is 23.3. The molecule has 1 atom stereocenters. The van der Waals surface area contributed by atoms with Crippen LogP contribution in [0, 0.1) is 13.8 Å². The summed E-state index contributed by atoms with van der Waals surface area (Å²) in [7, 11) is -3.38. The molecule has 0 saturated carbocycles. The van der Waals surface area contributed by atoms with Crippen molar-refractivity contribution in [2.75, 3.05) is 0 Å². The third-order valence-electron chi connectivity index (χ3n) is 7.35. The van der Waals surface area contributed by atoms with Gasteiger partial charge in [0, 0.05) is 10.6 Å². The summed E-state index contributed by atoms with van der Waals surface area (Å²) in [6, 6.07) is 44.5. The minimum Gasteiger partial charge on any atom is -0.379 e. The van der Waals surface area contributed by atoms with E-state index in [1.165, 1.54) is 0 Å². The standard InChI is InChI=1S/C35H34NO2P/c1-27-18-22-30(23-19-27)35(37,31-24-20-28(2)21-25-31)34(26-29-12-6-3-7-13-29)36-39(38,32-14-8-4-9-15-32)33-16-10-5-11-17-33/h3-25,34,37H,26H2,1-2H3,(H,36,38). The van der Waals surface area contributed by atoms with Crippen molar-refractivity contribution in [2.24, 2.45) is 0 Å². The van der Waals surface area contributed by atoms with Crippen LogP contribution < -0.4 is 15.7 Å². The molecule has 0 aliphatic heterocycles. The van der Waals surface area contributed by atoms with Crippen molar-refractivity contribution < 1.29 is 9.67 Å². The van der Waals surface area contributed by atoms with E-state index < -0.39 is 18.9 Å². The van der Waals surface area contributed by atoms with Crippen LogP contribution in [0.25, 0.3) is 0 Å². The van der Waals surface area contributed by atoms with E-state index in [-0.39, 0.29) is 0 Å². The van der Waals surface area contributed by atoms with Gasteiger partial charge in [0.25, 0.3) is 0 Å². The fourth-order valence-electron chi connectivity index (χ4n) is 5.11. The van der Waals surface area contributed by atoms with Gasteiger partial charge in [-0.15, -0.1) is 0 Å². The summed E-state index contributed by atoms with van der Waals surface area (Å²) < 4.78 is 15.2. The van der Waals surface area contributed by atoms with Gasteiger partial charge in [-0.25, -0.2) is 0 Å². The minimum absolute atomic E-state index is 0.461. The maximum Gasteiger partial charge on any atom is 0.205 e. The highest BCUT2D eigenvalue weighted by molar-refractivity contribution is 7.76. The van der Waals surface area contributed by atoms with Crippen LogP contribution >= 0.6 is 7.29 Å². The van der Waals surface area contributed by atoms with Crippen molar-refractivity contribution in [2.45, 2.75) is 31.9 Å². The number of aliphatic hydroxyl groups is 1. The van der Waals surface area contributed by atoms with Crippen LogP contribution in [0.5, 0.6) is 0 Å². The first-order chi connectivity index (χ1) is 18.9. The minimum atomic E-state index is -3.38. The fourth-order valence-corrected chi connectivity index (χ4v) is 7.61. The highest BCUT2D eigenvalue weighted by Gasteiger charge is 2.44. The third kappa shape index (κ3) is 5.67. The van der Waals surface area contributed by atoms with Crippen LogP contribution in [-0.4, -0.2) is 11.1 Å². The van der Waals surface area contributed by atoms with Gasteiger partial charge in [-0.05, 0) is 61.2 Å². The molecule has 0 amide bonds. The molecule has 0 heterocycles. The van der Waals surface area contributed by atoms with Crippen LogP contribution in [0.2, 0.25) is 0 Å². The summed E-state index contributed by atoms with van der Waals surface area (Å²) in [5, 5.41) is 17.9. The Morgan fingerprint density at radius 3 is 1.41 bits per heavy atom. The first kappa shape index (κ1) is 26.8. The number of nitrogens with one attached hydrogen (secondary N) is 1. The Bertz CT molecular complexity index is 1450. The molecule has 0 fully saturated rings. The lowest BCUT2D eigenvalue weighted by Crippen LogP contribution is -2.51. The van der Waals surface area contributed by atoms with Crippen LogP contribution in [0.4, 0.5) is 0 Å². The second-order valence-corrected chi connectivity index (χ2v) is 12.7. The largest absolute Gasteiger partial charge is 0.379 e. The van der Waals surface area contributed by atoms with Gasteiger partial charge in [-0.2, -0.15) is 0 Å². The number of aryl methyl sites for hydroxylation is 2. The van der Waals surface area contributed by atoms with E-state index in [0.717, 1.165) is 27.8 Å². The van der Waals surface area contributed by atoms with E-state index >= 15 is 4.57 Å². The van der Waals surface area contributed by atoms with Gasteiger partial charge < -0.3 is 5.11 Å². The molecule has 0 radical (unpaired) electrons. The molecule has 0 saturated heterocycles. The SMILES string of the molecule is Cc1ccc(C(O)(c2ccc(C)cc2)C(Cc2ccccc2)NP(=O)(c2ccccc2)c2ccccc2)cc1. The smallest absolute Gasteiger partial charge is 0.205 e. The molecule has 1 unspecified atom stereocenters. The molecule has 0 aliphatic carbocycles. The van der Waals surface area contributed by atoms with Crippen molar-refractivity contribution in [1.82, 2.24) is 5.09 Å². The quantitative estimate of drug-likeness (QED) is 0.209. The van der Waals surface area contributed by atoms with E-state index in [4.69, 9.17) is 0 Å². The van der Waals surface area contributed by atoms with Crippen molar-refractivity contribution in [3.63, 3.8) is 0 Å². The predicted molar refractivity (Wildman–Crippen MR) is 162 cm³/mol. The van der Waals surface area contributed by atoms with E-state index in [0.29, 0.717) is 17.0 Å². The Morgan fingerprint density at radius 2 is 1.00 bits per heavy atom. The van der Waals surface area contributed by atoms with Crippen LogP contribution in [0.3, 0.4) is 0 Å². The molecule has 5 rings (SSSR count). The van der Waals surface area contributed by atoms with Crippen LogP contribution in [0.15, 0.2) is 140 Å². The second-order valence-electron chi connectivity index (χ2n) is 10.2. The summed E-state index contributed by atoms with van der Waals surface area (Å²) in [5.41, 5.74) is 3.28. The first-order valence-corrected chi connectivity index (χ1v) is 15.0. The molecule has 0 bridgehead atoms. The van der Waals surface area contributed by atoms with Crippen LogP contribution in [-0.2, 0) is 16.6 Å². The average Bonchev–Trinajstić information content (AvgIpc) is 2.98. The van der Waals surface area contributed by atoms with Gasteiger partial charge in [0.05, 0.1) is 6.04 Å². The number of hydrogen-bond acceptors (Lipinski definition) is 2. The lowest BCUT2D eigenvalue weighted by molar-refractivity contribution is 0.0455. The normalized spacial score (nSPS) is 12.7. The average molecular weight is 532 g/mol. The summed E-state index contributed by atoms with van der Waals surface area (Å²) in [4.78, 5) is 0.